The van der Waals surface area contributed by atoms with Crippen molar-refractivity contribution in [2.45, 2.75) is 5.92 Å². The molecule has 0 aliphatic heterocycles. The number of benzene rings is 2. The lowest BCUT2D eigenvalue weighted by Crippen LogP contribution is -2.23. The SMILES string of the molecule is O=C(c1cccc(Br)c1)c1[nH]c2cc(Cl)ccc2c1C(C(=O)O)C(=O)O. The number of carbonyl (C=O) groups is 3. The summed E-state index contributed by atoms with van der Waals surface area (Å²) >= 11 is 9.23. The Morgan fingerprint density at radius 3 is 2.35 bits per heavy atom. The number of hydrogen-bond acceptors (Lipinski definition) is 3. The molecule has 0 fully saturated rings. The van der Waals surface area contributed by atoms with Gasteiger partial charge in [0.2, 0.25) is 5.78 Å². The number of aromatic nitrogens is 1. The number of carboxylic acids is 2. The Bertz CT molecular complexity index is 1040. The number of carbonyl (C=O) groups excluding carboxylic acids is 1. The minimum atomic E-state index is -1.89. The number of nitrogens with one attached hydrogen (secondary N) is 1. The van der Waals surface area contributed by atoms with Gasteiger partial charge in [0.05, 0.1) is 5.69 Å². The molecule has 0 saturated carbocycles. The van der Waals surface area contributed by atoms with E-state index in [0.29, 0.717) is 20.4 Å². The van der Waals surface area contributed by atoms with Crippen molar-refractivity contribution in [1.82, 2.24) is 4.98 Å². The van der Waals surface area contributed by atoms with Crippen LogP contribution in [0.5, 0.6) is 0 Å². The van der Waals surface area contributed by atoms with Gasteiger partial charge in [0.25, 0.3) is 0 Å². The first-order valence-electron chi connectivity index (χ1n) is 7.36. The predicted molar refractivity (Wildman–Crippen MR) is 98.9 cm³/mol. The third-order valence-corrected chi connectivity index (χ3v) is 4.63. The van der Waals surface area contributed by atoms with Crippen molar-refractivity contribution in [3.05, 3.63) is 68.8 Å². The van der Waals surface area contributed by atoms with E-state index in [1.165, 1.54) is 18.2 Å². The van der Waals surface area contributed by atoms with Crippen LogP contribution in [-0.4, -0.2) is 32.9 Å². The Kier molecular flexibility index (Phi) is 4.84. The first-order chi connectivity index (χ1) is 12.3. The summed E-state index contributed by atoms with van der Waals surface area (Å²) in [5.41, 5.74) is 0.489. The number of hydrogen-bond donors (Lipinski definition) is 3. The summed E-state index contributed by atoms with van der Waals surface area (Å²) in [6.45, 7) is 0. The minimum Gasteiger partial charge on any atom is -0.480 e. The number of aromatic amines is 1. The summed E-state index contributed by atoms with van der Waals surface area (Å²) in [6, 6.07) is 11.0. The van der Waals surface area contributed by atoms with Gasteiger partial charge in [0, 0.05) is 31.5 Å². The fourth-order valence-electron chi connectivity index (χ4n) is 2.80. The molecule has 1 aromatic heterocycles. The molecule has 1 heterocycles. The van der Waals surface area contributed by atoms with Crippen molar-refractivity contribution in [3.63, 3.8) is 0 Å². The third kappa shape index (κ3) is 3.23. The summed E-state index contributed by atoms with van der Waals surface area (Å²) in [6.07, 6.45) is 0. The molecule has 3 aromatic rings. The minimum absolute atomic E-state index is 0.0878. The van der Waals surface area contributed by atoms with E-state index in [2.05, 4.69) is 20.9 Å². The van der Waals surface area contributed by atoms with E-state index in [4.69, 9.17) is 11.6 Å². The molecular weight excluding hydrogens is 426 g/mol. The van der Waals surface area contributed by atoms with E-state index in [0.717, 1.165) is 0 Å². The van der Waals surface area contributed by atoms with E-state index in [1.807, 2.05) is 0 Å². The molecule has 0 aliphatic rings. The van der Waals surface area contributed by atoms with Crippen molar-refractivity contribution in [2.24, 2.45) is 0 Å². The molecule has 132 valence electrons. The lowest BCUT2D eigenvalue weighted by atomic mass is 9.93. The molecule has 0 saturated heterocycles. The molecule has 3 rings (SSSR count). The van der Waals surface area contributed by atoms with Crippen LogP contribution in [0.1, 0.15) is 27.5 Å². The molecule has 0 spiro atoms. The van der Waals surface area contributed by atoms with Crippen LogP contribution in [0.15, 0.2) is 46.9 Å². The maximum absolute atomic E-state index is 13.0. The maximum atomic E-state index is 13.0. The topological polar surface area (TPSA) is 107 Å². The van der Waals surface area contributed by atoms with Gasteiger partial charge in [-0.05, 0) is 24.3 Å². The highest BCUT2D eigenvalue weighted by Gasteiger charge is 2.35. The van der Waals surface area contributed by atoms with Gasteiger partial charge in [-0.25, -0.2) is 0 Å². The van der Waals surface area contributed by atoms with E-state index < -0.39 is 23.6 Å². The number of H-pyrrole nitrogens is 1. The molecule has 0 radical (unpaired) electrons. The second kappa shape index (κ2) is 6.93. The van der Waals surface area contributed by atoms with Gasteiger partial charge in [0.1, 0.15) is 0 Å². The van der Waals surface area contributed by atoms with Gasteiger partial charge in [-0.3, -0.25) is 14.4 Å². The van der Waals surface area contributed by atoms with Crippen molar-refractivity contribution in [1.29, 1.82) is 0 Å². The first kappa shape index (κ1) is 18.2. The second-order valence-electron chi connectivity index (χ2n) is 5.55. The van der Waals surface area contributed by atoms with E-state index >= 15 is 0 Å². The fourth-order valence-corrected chi connectivity index (χ4v) is 3.37. The zero-order valence-corrected chi connectivity index (χ0v) is 15.3. The summed E-state index contributed by atoms with van der Waals surface area (Å²) in [4.78, 5) is 38.9. The number of carboxylic acid groups (broad SMARTS) is 2. The smallest absolute Gasteiger partial charge is 0.322 e. The Morgan fingerprint density at radius 2 is 1.73 bits per heavy atom. The van der Waals surface area contributed by atoms with Gasteiger partial charge in [0.15, 0.2) is 5.92 Å². The highest BCUT2D eigenvalue weighted by Crippen LogP contribution is 2.33. The molecule has 0 bridgehead atoms. The van der Waals surface area contributed by atoms with Crippen LogP contribution in [0.25, 0.3) is 10.9 Å². The molecule has 2 aromatic carbocycles. The number of halogens is 2. The highest BCUT2D eigenvalue weighted by atomic mass is 79.9. The van der Waals surface area contributed by atoms with Crippen LogP contribution in [0.4, 0.5) is 0 Å². The average Bonchev–Trinajstić information content (AvgIpc) is 2.92. The number of aliphatic carboxylic acids is 2. The molecule has 26 heavy (non-hydrogen) atoms. The van der Waals surface area contributed by atoms with Crippen molar-refractivity contribution >= 4 is 56.2 Å². The Labute approximate surface area is 160 Å². The molecule has 0 amide bonds. The van der Waals surface area contributed by atoms with E-state index in [-0.39, 0.29) is 16.8 Å². The normalized spacial score (nSPS) is 11.0. The van der Waals surface area contributed by atoms with Crippen molar-refractivity contribution in [3.8, 4) is 0 Å². The monoisotopic (exact) mass is 435 g/mol. The van der Waals surface area contributed by atoms with Gasteiger partial charge in [-0.15, -0.1) is 0 Å². The number of fused-ring (bicyclic) bond motifs is 1. The van der Waals surface area contributed by atoms with Crippen LogP contribution in [-0.2, 0) is 9.59 Å². The number of ketones is 1. The standard InChI is InChI=1S/C18H11BrClNO5/c19-9-3-1-2-8(6-9)16(22)15-13(14(17(23)24)18(25)26)11-5-4-10(20)7-12(11)21-15/h1-7,14,21H,(H,23,24)(H,25,26). The summed E-state index contributed by atoms with van der Waals surface area (Å²) in [5.74, 6) is -5.52. The lowest BCUT2D eigenvalue weighted by molar-refractivity contribution is -0.149. The largest absolute Gasteiger partial charge is 0.480 e. The van der Waals surface area contributed by atoms with E-state index in [9.17, 15) is 24.6 Å². The molecule has 0 aliphatic carbocycles. The highest BCUT2D eigenvalue weighted by molar-refractivity contribution is 9.10. The zero-order chi connectivity index (χ0) is 19.0. The Balaban J connectivity index is 2.30. The molecule has 8 heteroatoms. The molecular formula is C18H11BrClNO5. The zero-order valence-electron chi connectivity index (χ0n) is 13.0. The van der Waals surface area contributed by atoms with Gasteiger partial charge in [-0.2, -0.15) is 0 Å². The first-order valence-corrected chi connectivity index (χ1v) is 8.53. The molecule has 3 N–H and O–H groups in total. The van der Waals surface area contributed by atoms with Crippen LogP contribution >= 0.6 is 27.5 Å². The van der Waals surface area contributed by atoms with Crippen LogP contribution in [0, 0.1) is 0 Å². The van der Waals surface area contributed by atoms with Gasteiger partial charge in [-0.1, -0.05) is 45.7 Å². The summed E-state index contributed by atoms with van der Waals surface area (Å²) in [5, 5.41) is 19.5. The quantitative estimate of drug-likeness (QED) is 0.413. The van der Waals surface area contributed by atoms with Crippen molar-refractivity contribution in [2.75, 3.05) is 0 Å². The summed E-state index contributed by atoms with van der Waals surface area (Å²) < 4.78 is 0.664. The molecule has 0 atom stereocenters. The van der Waals surface area contributed by atoms with Crippen LogP contribution < -0.4 is 0 Å². The Hall–Kier alpha value is -2.64. The fraction of sp³-hybridized carbons (Fsp3) is 0.0556. The average molecular weight is 437 g/mol. The predicted octanol–water partition coefficient (Wildman–Crippen LogP) is 4.07. The lowest BCUT2D eigenvalue weighted by Gasteiger charge is -2.10. The van der Waals surface area contributed by atoms with Crippen LogP contribution in [0.3, 0.4) is 0 Å². The third-order valence-electron chi connectivity index (χ3n) is 3.90. The number of rotatable bonds is 5. The van der Waals surface area contributed by atoms with Gasteiger partial charge < -0.3 is 15.2 Å². The Morgan fingerprint density at radius 1 is 1.04 bits per heavy atom. The maximum Gasteiger partial charge on any atom is 0.322 e. The van der Waals surface area contributed by atoms with Crippen molar-refractivity contribution < 1.29 is 24.6 Å². The van der Waals surface area contributed by atoms with Crippen LogP contribution in [0.2, 0.25) is 5.02 Å². The summed E-state index contributed by atoms with van der Waals surface area (Å²) in [7, 11) is 0. The second-order valence-corrected chi connectivity index (χ2v) is 6.90. The van der Waals surface area contributed by atoms with E-state index in [1.54, 1.807) is 24.3 Å². The molecule has 6 nitrogen and oxygen atoms in total. The van der Waals surface area contributed by atoms with Gasteiger partial charge >= 0.3 is 11.9 Å². The molecule has 0 unspecified atom stereocenters.